The lowest BCUT2D eigenvalue weighted by atomic mass is 10.0. The molecule has 5 heteroatoms. The number of pyridine rings is 1. The normalized spacial score (nSPS) is 10.0. The van der Waals surface area contributed by atoms with Crippen LogP contribution in [0.3, 0.4) is 0 Å². The highest BCUT2D eigenvalue weighted by molar-refractivity contribution is 5.81. The maximum atomic E-state index is 10.8. The van der Waals surface area contributed by atoms with Crippen LogP contribution in [-0.4, -0.2) is 9.91 Å². The zero-order valence-corrected chi connectivity index (χ0v) is 8.33. The van der Waals surface area contributed by atoms with Gasteiger partial charge in [-0.05, 0) is 12.1 Å². The number of benzene rings is 1. The average Bonchev–Trinajstić information content (AvgIpc) is 2.29. The van der Waals surface area contributed by atoms with E-state index in [0.717, 1.165) is 0 Å². The van der Waals surface area contributed by atoms with Crippen LogP contribution in [0.25, 0.3) is 11.1 Å². The van der Waals surface area contributed by atoms with E-state index >= 15 is 0 Å². The monoisotopic (exact) mass is 215 g/mol. The van der Waals surface area contributed by atoms with Gasteiger partial charge in [0.1, 0.15) is 6.20 Å². The molecule has 0 spiro atoms. The van der Waals surface area contributed by atoms with Crippen molar-refractivity contribution in [3.05, 3.63) is 52.8 Å². The zero-order chi connectivity index (χ0) is 11.5. The number of hydrogen-bond donors (Lipinski definition) is 1. The molecule has 80 valence electrons. The highest BCUT2D eigenvalue weighted by atomic mass is 16.6. The summed E-state index contributed by atoms with van der Waals surface area (Å²) in [6, 6.07) is 8.61. The van der Waals surface area contributed by atoms with Gasteiger partial charge in [0.05, 0.1) is 10.5 Å². The van der Waals surface area contributed by atoms with Crippen LogP contribution in [-0.2, 0) is 0 Å². The van der Waals surface area contributed by atoms with E-state index in [0.29, 0.717) is 16.8 Å². The largest absolute Gasteiger partial charge is 0.398 e. The molecule has 2 N–H and O–H groups in total. The van der Waals surface area contributed by atoms with Gasteiger partial charge in [-0.15, -0.1) is 0 Å². The summed E-state index contributed by atoms with van der Waals surface area (Å²) in [5.74, 6) is 0. The summed E-state index contributed by atoms with van der Waals surface area (Å²) in [7, 11) is 0. The molecule has 0 aliphatic rings. The van der Waals surface area contributed by atoms with Crippen molar-refractivity contribution in [1.29, 1.82) is 0 Å². The first-order chi connectivity index (χ1) is 7.70. The van der Waals surface area contributed by atoms with Crippen LogP contribution in [0.15, 0.2) is 42.7 Å². The predicted octanol–water partition coefficient (Wildman–Crippen LogP) is 2.24. The van der Waals surface area contributed by atoms with Gasteiger partial charge >= 0.3 is 0 Å². The summed E-state index contributed by atoms with van der Waals surface area (Å²) in [4.78, 5) is 14.1. The van der Waals surface area contributed by atoms with Crippen LogP contribution >= 0.6 is 0 Å². The number of para-hydroxylation sites is 1. The molecular weight excluding hydrogens is 206 g/mol. The molecule has 0 radical (unpaired) electrons. The second-order valence-electron chi connectivity index (χ2n) is 3.24. The fraction of sp³-hybridized carbons (Fsp3) is 0. The number of anilines is 1. The molecule has 0 aliphatic heterocycles. The summed E-state index contributed by atoms with van der Waals surface area (Å²) >= 11 is 0. The van der Waals surface area contributed by atoms with Gasteiger partial charge in [0.2, 0.25) is 0 Å². The summed E-state index contributed by atoms with van der Waals surface area (Å²) in [6.45, 7) is 0. The molecule has 0 amide bonds. The molecule has 0 saturated heterocycles. The first-order valence-electron chi connectivity index (χ1n) is 4.63. The topological polar surface area (TPSA) is 82.0 Å². The molecule has 16 heavy (non-hydrogen) atoms. The van der Waals surface area contributed by atoms with E-state index in [-0.39, 0.29) is 5.69 Å². The lowest BCUT2D eigenvalue weighted by Gasteiger charge is -2.05. The molecule has 2 aromatic rings. The molecule has 0 fully saturated rings. The second kappa shape index (κ2) is 3.98. The van der Waals surface area contributed by atoms with E-state index in [2.05, 4.69) is 4.98 Å². The van der Waals surface area contributed by atoms with Crippen molar-refractivity contribution in [3.8, 4) is 11.1 Å². The first-order valence-corrected chi connectivity index (χ1v) is 4.63. The molecule has 5 nitrogen and oxygen atoms in total. The van der Waals surface area contributed by atoms with E-state index in [1.54, 1.807) is 30.3 Å². The Balaban J connectivity index is 2.65. The molecule has 2 rings (SSSR count). The minimum Gasteiger partial charge on any atom is -0.398 e. The smallest absolute Gasteiger partial charge is 0.295 e. The van der Waals surface area contributed by atoms with Crippen molar-refractivity contribution in [2.45, 2.75) is 0 Å². The molecule has 0 unspecified atom stereocenters. The highest BCUT2D eigenvalue weighted by Gasteiger charge is 2.16. The SMILES string of the molecule is Nc1ccccc1-c1ccncc1[N+](=O)[O-]. The molecule has 1 aromatic carbocycles. The van der Waals surface area contributed by atoms with Crippen LogP contribution in [0.4, 0.5) is 11.4 Å². The van der Waals surface area contributed by atoms with Gasteiger partial charge in [-0.25, -0.2) is 0 Å². The molecule has 0 bridgehead atoms. The van der Waals surface area contributed by atoms with Crippen LogP contribution < -0.4 is 5.73 Å². The van der Waals surface area contributed by atoms with E-state index in [4.69, 9.17) is 5.73 Å². The van der Waals surface area contributed by atoms with Crippen LogP contribution in [0.1, 0.15) is 0 Å². The van der Waals surface area contributed by atoms with Gasteiger partial charge in [0, 0.05) is 17.4 Å². The number of nitrogens with two attached hydrogens (primary N) is 1. The molecule has 0 saturated carbocycles. The Bertz CT molecular complexity index is 540. The van der Waals surface area contributed by atoms with Gasteiger partial charge in [0.25, 0.3) is 5.69 Å². The summed E-state index contributed by atoms with van der Waals surface area (Å²) in [5, 5.41) is 10.8. The third-order valence-electron chi connectivity index (χ3n) is 2.25. The number of rotatable bonds is 2. The van der Waals surface area contributed by atoms with Crippen molar-refractivity contribution in [2.24, 2.45) is 0 Å². The predicted molar refractivity (Wildman–Crippen MR) is 60.7 cm³/mol. The second-order valence-corrected chi connectivity index (χ2v) is 3.24. The van der Waals surface area contributed by atoms with Crippen molar-refractivity contribution in [3.63, 3.8) is 0 Å². The summed E-state index contributed by atoms with van der Waals surface area (Å²) in [6.07, 6.45) is 2.73. The van der Waals surface area contributed by atoms with Crippen molar-refractivity contribution >= 4 is 11.4 Å². The van der Waals surface area contributed by atoms with Crippen molar-refractivity contribution in [1.82, 2.24) is 4.98 Å². The molecular formula is C11H9N3O2. The van der Waals surface area contributed by atoms with Gasteiger partial charge in [-0.2, -0.15) is 0 Å². The Hall–Kier alpha value is -2.43. The van der Waals surface area contributed by atoms with Crippen molar-refractivity contribution in [2.75, 3.05) is 5.73 Å². The first kappa shape index (κ1) is 10.1. The minimum atomic E-state index is -0.464. The lowest BCUT2D eigenvalue weighted by molar-refractivity contribution is -0.384. The number of nitro groups is 1. The standard InChI is InChI=1S/C11H9N3O2/c12-10-4-2-1-3-8(10)9-5-6-13-7-11(9)14(15)16/h1-7H,12H2. The number of nitrogen functional groups attached to an aromatic ring is 1. The zero-order valence-electron chi connectivity index (χ0n) is 8.33. The van der Waals surface area contributed by atoms with Crippen molar-refractivity contribution < 1.29 is 4.92 Å². The Morgan fingerprint density at radius 2 is 1.94 bits per heavy atom. The summed E-state index contributed by atoms with van der Waals surface area (Å²) < 4.78 is 0. The lowest BCUT2D eigenvalue weighted by Crippen LogP contribution is -1.95. The van der Waals surface area contributed by atoms with Crippen LogP contribution in [0.2, 0.25) is 0 Å². The molecule has 0 aliphatic carbocycles. The quantitative estimate of drug-likeness (QED) is 0.473. The van der Waals surface area contributed by atoms with E-state index in [9.17, 15) is 10.1 Å². The number of aromatic nitrogens is 1. The van der Waals surface area contributed by atoms with E-state index in [1.165, 1.54) is 12.4 Å². The maximum absolute atomic E-state index is 10.8. The Labute approximate surface area is 91.7 Å². The van der Waals surface area contributed by atoms with E-state index < -0.39 is 4.92 Å². The Morgan fingerprint density at radius 1 is 1.19 bits per heavy atom. The average molecular weight is 215 g/mol. The maximum Gasteiger partial charge on any atom is 0.295 e. The third-order valence-corrected chi connectivity index (χ3v) is 2.25. The van der Waals surface area contributed by atoms with Crippen LogP contribution in [0, 0.1) is 10.1 Å². The Kier molecular flexibility index (Phi) is 2.51. The number of nitrogens with zero attached hydrogens (tertiary/aromatic N) is 2. The van der Waals surface area contributed by atoms with Gasteiger partial charge < -0.3 is 5.73 Å². The fourth-order valence-electron chi connectivity index (χ4n) is 1.50. The summed E-state index contributed by atoms with van der Waals surface area (Å²) in [5.41, 5.74) is 7.38. The fourth-order valence-corrected chi connectivity index (χ4v) is 1.50. The van der Waals surface area contributed by atoms with Gasteiger partial charge in [-0.1, -0.05) is 18.2 Å². The Morgan fingerprint density at radius 3 is 2.62 bits per heavy atom. The molecule has 1 heterocycles. The third kappa shape index (κ3) is 1.70. The minimum absolute atomic E-state index is 0.0413. The molecule has 0 atom stereocenters. The van der Waals surface area contributed by atoms with E-state index in [1.807, 2.05) is 0 Å². The van der Waals surface area contributed by atoms with Crippen LogP contribution in [0.5, 0.6) is 0 Å². The number of hydrogen-bond acceptors (Lipinski definition) is 4. The molecule has 1 aromatic heterocycles. The van der Waals surface area contributed by atoms with Gasteiger partial charge in [0.15, 0.2) is 0 Å². The highest BCUT2D eigenvalue weighted by Crippen LogP contribution is 2.32. The van der Waals surface area contributed by atoms with Gasteiger partial charge in [-0.3, -0.25) is 15.1 Å².